The van der Waals surface area contributed by atoms with E-state index < -0.39 is 17.3 Å². The summed E-state index contributed by atoms with van der Waals surface area (Å²) in [5, 5.41) is 13.9. The van der Waals surface area contributed by atoms with Crippen LogP contribution < -0.4 is 5.32 Å². The number of rotatable bonds is 3. The molecule has 1 aromatic carbocycles. The minimum Gasteiger partial charge on any atom is -0.332 e. The first-order valence-electron chi connectivity index (χ1n) is 6.71. The normalized spacial score (nSPS) is 11.1. The molecule has 3 aromatic rings. The van der Waals surface area contributed by atoms with Gasteiger partial charge < -0.3 is 5.32 Å². The largest absolute Gasteiger partial charge is 0.417 e. The summed E-state index contributed by atoms with van der Waals surface area (Å²) >= 11 is 1.27. The Morgan fingerprint density at radius 2 is 2.04 bits per heavy atom. The van der Waals surface area contributed by atoms with E-state index >= 15 is 0 Å². The molecule has 0 amide bonds. The van der Waals surface area contributed by atoms with Crippen molar-refractivity contribution >= 4 is 22.2 Å². The third-order valence-electron chi connectivity index (χ3n) is 3.16. The predicted molar refractivity (Wildman–Crippen MR) is 84.8 cm³/mol. The highest BCUT2D eigenvalue weighted by molar-refractivity contribution is 7.14. The molecule has 2 heterocycles. The maximum Gasteiger partial charge on any atom is 0.417 e. The molecule has 0 atom stereocenters. The summed E-state index contributed by atoms with van der Waals surface area (Å²) in [5.41, 5.74) is 0.327. The first-order valence-corrected chi connectivity index (χ1v) is 7.59. The molecule has 0 bridgehead atoms. The molecule has 0 radical (unpaired) electrons. The average Bonchev–Trinajstić information content (AvgIpc) is 3.03. The third kappa shape index (κ3) is 3.36. The monoisotopic (exact) mass is 346 g/mol. The second kappa shape index (κ2) is 6.29. The summed E-state index contributed by atoms with van der Waals surface area (Å²) in [7, 11) is 0. The van der Waals surface area contributed by atoms with E-state index in [0.29, 0.717) is 10.8 Å². The van der Waals surface area contributed by atoms with E-state index in [1.165, 1.54) is 17.4 Å². The van der Waals surface area contributed by atoms with Gasteiger partial charge in [-0.05, 0) is 30.3 Å². The second-order valence-electron chi connectivity index (χ2n) is 4.77. The van der Waals surface area contributed by atoms with Crippen molar-refractivity contribution in [2.24, 2.45) is 0 Å². The fourth-order valence-electron chi connectivity index (χ4n) is 2.06. The van der Waals surface area contributed by atoms with Crippen LogP contribution >= 0.6 is 11.3 Å². The van der Waals surface area contributed by atoms with Gasteiger partial charge in [0.25, 0.3) is 0 Å². The van der Waals surface area contributed by atoms with Crippen molar-refractivity contribution in [3.8, 4) is 17.3 Å². The van der Waals surface area contributed by atoms with Gasteiger partial charge >= 0.3 is 6.18 Å². The van der Waals surface area contributed by atoms with E-state index in [1.807, 2.05) is 6.07 Å². The van der Waals surface area contributed by atoms with E-state index in [4.69, 9.17) is 5.26 Å². The molecule has 1 N–H and O–H groups in total. The highest BCUT2D eigenvalue weighted by atomic mass is 32.1. The van der Waals surface area contributed by atoms with E-state index in [-0.39, 0.29) is 5.69 Å². The van der Waals surface area contributed by atoms with E-state index in [2.05, 4.69) is 15.3 Å². The number of nitrogens with one attached hydrogen (secondary N) is 1. The zero-order valence-corrected chi connectivity index (χ0v) is 12.8. The molecule has 3 rings (SSSR count). The Morgan fingerprint density at radius 3 is 2.71 bits per heavy atom. The molecule has 0 unspecified atom stereocenters. The lowest BCUT2D eigenvalue weighted by Gasteiger charge is -2.11. The fraction of sp³-hybridized carbons (Fsp3) is 0.0625. The van der Waals surface area contributed by atoms with Gasteiger partial charge in [0.05, 0.1) is 22.9 Å². The average molecular weight is 346 g/mol. The molecule has 0 spiro atoms. The van der Waals surface area contributed by atoms with Crippen LogP contribution in [0.3, 0.4) is 0 Å². The van der Waals surface area contributed by atoms with Gasteiger partial charge in [-0.15, -0.1) is 11.3 Å². The zero-order valence-electron chi connectivity index (χ0n) is 12.0. The van der Waals surface area contributed by atoms with Crippen molar-refractivity contribution in [2.75, 3.05) is 5.32 Å². The lowest BCUT2D eigenvalue weighted by Crippen LogP contribution is -2.08. The summed E-state index contributed by atoms with van der Waals surface area (Å²) < 4.78 is 38.9. The van der Waals surface area contributed by atoms with Crippen LogP contribution in [-0.4, -0.2) is 9.97 Å². The molecule has 0 aliphatic rings. The van der Waals surface area contributed by atoms with E-state index in [9.17, 15) is 13.2 Å². The number of aromatic nitrogens is 2. The van der Waals surface area contributed by atoms with Crippen LogP contribution in [0.1, 0.15) is 11.1 Å². The van der Waals surface area contributed by atoms with Gasteiger partial charge in [0, 0.05) is 29.0 Å². The standard InChI is InChI=1S/C16H9F3N4S/c17-16(18,19)13-6-12(4-3-10(13)7-20)22-15-23-14(9-24-15)11-2-1-5-21-8-11/h1-6,8-9H,(H,22,23). The quantitative estimate of drug-likeness (QED) is 0.737. The molecule has 0 aliphatic carbocycles. The molecule has 2 aromatic heterocycles. The van der Waals surface area contributed by atoms with Crippen LogP contribution in [0.2, 0.25) is 0 Å². The Bertz CT molecular complexity index is 898. The van der Waals surface area contributed by atoms with Crippen molar-refractivity contribution in [1.82, 2.24) is 9.97 Å². The van der Waals surface area contributed by atoms with Crippen LogP contribution in [0.4, 0.5) is 24.0 Å². The lowest BCUT2D eigenvalue weighted by molar-refractivity contribution is -0.137. The number of halogens is 3. The molecule has 0 fully saturated rings. The van der Waals surface area contributed by atoms with Crippen molar-refractivity contribution in [3.05, 3.63) is 59.2 Å². The summed E-state index contributed by atoms with van der Waals surface area (Å²) in [5.74, 6) is 0. The van der Waals surface area contributed by atoms with Crippen LogP contribution in [-0.2, 0) is 6.18 Å². The summed E-state index contributed by atoms with van der Waals surface area (Å²) in [6.45, 7) is 0. The maximum atomic E-state index is 13.0. The van der Waals surface area contributed by atoms with Crippen molar-refractivity contribution < 1.29 is 13.2 Å². The second-order valence-corrected chi connectivity index (χ2v) is 5.63. The van der Waals surface area contributed by atoms with Crippen LogP contribution in [0.25, 0.3) is 11.3 Å². The Labute approximate surface area is 139 Å². The molecular formula is C16H9F3N4S. The maximum absolute atomic E-state index is 13.0. The van der Waals surface area contributed by atoms with Gasteiger partial charge in [0.2, 0.25) is 0 Å². The third-order valence-corrected chi connectivity index (χ3v) is 3.92. The van der Waals surface area contributed by atoms with Crippen LogP contribution in [0.5, 0.6) is 0 Å². The van der Waals surface area contributed by atoms with Gasteiger partial charge in [-0.3, -0.25) is 4.98 Å². The van der Waals surface area contributed by atoms with Crippen LogP contribution in [0, 0.1) is 11.3 Å². The Kier molecular flexibility index (Phi) is 4.18. The molecule has 8 heteroatoms. The topological polar surface area (TPSA) is 61.6 Å². The molecule has 0 saturated carbocycles. The Balaban J connectivity index is 1.87. The molecule has 4 nitrogen and oxygen atoms in total. The number of pyridine rings is 1. The van der Waals surface area contributed by atoms with Crippen molar-refractivity contribution in [2.45, 2.75) is 6.18 Å². The molecule has 0 aliphatic heterocycles. The first kappa shape index (κ1) is 16.0. The van der Waals surface area contributed by atoms with Gasteiger partial charge in [-0.25, -0.2) is 4.98 Å². The number of thiazole rings is 1. The molecule has 120 valence electrons. The molecular weight excluding hydrogens is 337 g/mol. The number of hydrogen-bond acceptors (Lipinski definition) is 5. The zero-order chi connectivity index (χ0) is 17.2. The van der Waals surface area contributed by atoms with Crippen molar-refractivity contribution in [1.29, 1.82) is 5.26 Å². The van der Waals surface area contributed by atoms with Gasteiger partial charge in [0.15, 0.2) is 5.13 Å². The molecule has 24 heavy (non-hydrogen) atoms. The smallest absolute Gasteiger partial charge is 0.332 e. The van der Waals surface area contributed by atoms with Gasteiger partial charge in [-0.2, -0.15) is 18.4 Å². The summed E-state index contributed by atoms with van der Waals surface area (Å²) in [4.78, 5) is 8.33. The Hall–Kier alpha value is -2.92. The lowest BCUT2D eigenvalue weighted by atomic mass is 10.1. The van der Waals surface area contributed by atoms with Gasteiger partial charge in [-0.1, -0.05) is 0 Å². The van der Waals surface area contributed by atoms with Crippen LogP contribution in [0.15, 0.2) is 48.1 Å². The minimum atomic E-state index is -4.59. The molecule has 0 saturated heterocycles. The number of benzene rings is 1. The van der Waals surface area contributed by atoms with E-state index in [0.717, 1.165) is 17.7 Å². The fourth-order valence-corrected chi connectivity index (χ4v) is 2.80. The SMILES string of the molecule is N#Cc1ccc(Nc2nc(-c3cccnc3)cs2)cc1C(F)(F)F. The van der Waals surface area contributed by atoms with Gasteiger partial charge in [0.1, 0.15) is 0 Å². The Morgan fingerprint density at radius 1 is 1.21 bits per heavy atom. The minimum absolute atomic E-state index is 0.216. The number of alkyl halides is 3. The summed E-state index contributed by atoms with van der Waals surface area (Å²) in [6, 6.07) is 8.63. The predicted octanol–water partition coefficient (Wildman–Crippen LogP) is 4.84. The first-order chi connectivity index (χ1) is 11.5. The number of nitriles is 1. The number of nitrogens with zero attached hydrogens (tertiary/aromatic N) is 3. The highest BCUT2D eigenvalue weighted by Crippen LogP contribution is 2.34. The van der Waals surface area contributed by atoms with E-state index in [1.54, 1.807) is 29.9 Å². The number of anilines is 2. The van der Waals surface area contributed by atoms with Crippen molar-refractivity contribution in [3.63, 3.8) is 0 Å². The highest BCUT2D eigenvalue weighted by Gasteiger charge is 2.33. The number of hydrogen-bond donors (Lipinski definition) is 1. The summed E-state index contributed by atoms with van der Waals surface area (Å²) in [6.07, 6.45) is -1.29.